The molecule has 28 heavy (non-hydrogen) atoms. The van der Waals surface area contributed by atoms with Crippen molar-refractivity contribution in [3.05, 3.63) is 47.0 Å². The van der Waals surface area contributed by atoms with Gasteiger partial charge in [-0.1, -0.05) is 13.0 Å². The first-order valence-electron chi connectivity index (χ1n) is 10.8. The van der Waals surface area contributed by atoms with Gasteiger partial charge in [0, 0.05) is 55.9 Å². The van der Waals surface area contributed by atoms with Crippen LogP contribution in [-0.2, 0) is 25.9 Å². The monoisotopic (exact) mass is 381 g/mol. The Bertz CT molecular complexity index is 795. The Balaban J connectivity index is 1.51. The van der Waals surface area contributed by atoms with E-state index in [4.69, 9.17) is 5.10 Å². The topological polar surface area (TPSA) is 63.1 Å². The maximum absolute atomic E-state index is 13.2. The molecule has 0 saturated carbocycles. The van der Waals surface area contributed by atoms with Crippen LogP contribution in [-0.4, -0.2) is 44.7 Å². The van der Waals surface area contributed by atoms with E-state index in [1.54, 1.807) is 6.20 Å². The Labute approximate surface area is 167 Å². The summed E-state index contributed by atoms with van der Waals surface area (Å²) in [6.07, 6.45) is 11.1. The lowest BCUT2D eigenvalue weighted by molar-refractivity contribution is 0.0716. The number of likely N-dealkylation sites (tertiary alicyclic amines) is 1. The molecule has 2 aliphatic rings. The molecule has 0 aromatic carbocycles. The standard InChI is InChI=1S/C22H31N5O/c1-2-11-27-20-9-8-18(24-16-17-7-6-10-23-15-17)14-19(20)21(25-27)22(28)26-12-4-3-5-13-26/h6-7,10,15,18,24H,2-5,8-9,11-14,16H2,1H3. The molecule has 1 fully saturated rings. The number of aryl methyl sites for hydroxylation is 1. The molecule has 1 unspecified atom stereocenters. The average molecular weight is 382 g/mol. The van der Waals surface area contributed by atoms with Crippen LogP contribution in [0.3, 0.4) is 0 Å². The molecule has 6 nitrogen and oxygen atoms in total. The molecule has 1 amide bonds. The van der Waals surface area contributed by atoms with Crippen LogP contribution < -0.4 is 5.32 Å². The first kappa shape index (κ1) is 19.1. The smallest absolute Gasteiger partial charge is 0.274 e. The molecule has 2 aromatic rings. The van der Waals surface area contributed by atoms with Gasteiger partial charge in [0.05, 0.1) is 0 Å². The van der Waals surface area contributed by atoms with E-state index < -0.39 is 0 Å². The number of nitrogens with one attached hydrogen (secondary N) is 1. The van der Waals surface area contributed by atoms with Crippen molar-refractivity contribution < 1.29 is 4.79 Å². The molecule has 0 spiro atoms. The molecule has 1 N–H and O–H groups in total. The van der Waals surface area contributed by atoms with E-state index in [1.807, 2.05) is 17.2 Å². The highest BCUT2D eigenvalue weighted by Gasteiger charge is 2.31. The van der Waals surface area contributed by atoms with Crippen LogP contribution in [0, 0.1) is 0 Å². The van der Waals surface area contributed by atoms with Crippen LogP contribution in [0.1, 0.15) is 66.3 Å². The summed E-state index contributed by atoms with van der Waals surface area (Å²) in [5.41, 5.74) is 4.36. The van der Waals surface area contributed by atoms with E-state index in [0.717, 1.165) is 64.7 Å². The Morgan fingerprint density at radius 2 is 2.14 bits per heavy atom. The predicted octanol–water partition coefficient (Wildman–Crippen LogP) is 2.96. The van der Waals surface area contributed by atoms with E-state index in [0.29, 0.717) is 11.7 Å². The summed E-state index contributed by atoms with van der Waals surface area (Å²) in [6.45, 7) is 5.62. The average Bonchev–Trinajstić information content (AvgIpc) is 3.11. The minimum absolute atomic E-state index is 0.138. The van der Waals surface area contributed by atoms with Crippen molar-refractivity contribution in [1.29, 1.82) is 0 Å². The summed E-state index contributed by atoms with van der Waals surface area (Å²) in [7, 11) is 0. The molecule has 150 valence electrons. The molecule has 0 bridgehead atoms. The zero-order valence-electron chi connectivity index (χ0n) is 16.9. The normalized spacial score (nSPS) is 19.5. The van der Waals surface area contributed by atoms with E-state index in [1.165, 1.54) is 23.2 Å². The molecule has 3 heterocycles. The highest BCUT2D eigenvalue weighted by atomic mass is 16.2. The van der Waals surface area contributed by atoms with E-state index in [2.05, 4.69) is 28.0 Å². The fraction of sp³-hybridized carbons (Fsp3) is 0.591. The number of carbonyl (C=O) groups excluding carboxylic acids is 1. The second kappa shape index (κ2) is 8.86. The first-order chi connectivity index (χ1) is 13.8. The number of hydrogen-bond donors (Lipinski definition) is 1. The van der Waals surface area contributed by atoms with Gasteiger partial charge in [-0.05, 0) is 56.6 Å². The molecule has 4 rings (SSSR count). The molecule has 2 aromatic heterocycles. The van der Waals surface area contributed by atoms with Crippen LogP contribution in [0.25, 0.3) is 0 Å². The molecule has 1 saturated heterocycles. The summed E-state index contributed by atoms with van der Waals surface area (Å²) in [5.74, 6) is 0.138. The second-order valence-electron chi connectivity index (χ2n) is 8.03. The zero-order valence-corrected chi connectivity index (χ0v) is 16.9. The highest BCUT2D eigenvalue weighted by molar-refractivity contribution is 5.94. The number of piperidine rings is 1. The number of fused-ring (bicyclic) bond motifs is 1. The van der Waals surface area contributed by atoms with Gasteiger partial charge in [0.25, 0.3) is 5.91 Å². The van der Waals surface area contributed by atoms with Gasteiger partial charge in [0.1, 0.15) is 0 Å². The third-order valence-corrected chi connectivity index (χ3v) is 5.95. The zero-order chi connectivity index (χ0) is 19.3. The van der Waals surface area contributed by atoms with Gasteiger partial charge >= 0.3 is 0 Å². The molecule has 1 aliphatic carbocycles. The van der Waals surface area contributed by atoms with Crippen molar-refractivity contribution in [3.63, 3.8) is 0 Å². The van der Waals surface area contributed by atoms with Gasteiger partial charge in [-0.15, -0.1) is 0 Å². The third kappa shape index (κ3) is 4.12. The van der Waals surface area contributed by atoms with Crippen LogP contribution in [0.2, 0.25) is 0 Å². The number of rotatable bonds is 6. The lowest BCUT2D eigenvalue weighted by Crippen LogP contribution is -2.38. The molecule has 1 aliphatic heterocycles. The molecule has 1 atom stereocenters. The first-order valence-corrected chi connectivity index (χ1v) is 10.8. The summed E-state index contributed by atoms with van der Waals surface area (Å²) >= 11 is 0. The van der Waals surface area contributed by atoms with Crippen LogP contribution in [0.4, 0.5) is 0 Å². The molecular formula is C22H31N5O. The van der Waals surface area contributed by atoms with Gasteiger partial charge in [-0.3, -0.25) is 14.5 Å². The summed E-state index contributed by atoms with van der Waals surface area (Å²) in [4.78, 5) is 19.4. The quantitative estimate of drug-likeness (QED) is 0.836. The van der Waals surface area contributed by atoms with Crippen molar-refractivity contribution in [3.8, 4) is 0 Å². The third-order valence-electron chi connectivity index (χ3n) is 5.95. The number of aromatic nitrogens is 3. The fourth-order valence-electron chi connectivity index (χ4n) is 4.44. The van der Waals surface area contributed by atoms with Crippen molar-refractivity contribution >= 4 is 5.91 Å². The van der Waals surface area contributed by atoms with Gasteiger partial charge < -0.3 is 10.2 Å². The Kier molecular flexibility index (Phi) is 6.05. The van der Waals surface area contributed by atoms with Gasteiger partial charge in [0.2, 0.25) is 0 Å². The molecule has 0 radical (unpaired) electrons. The maximum atomic E-state index is 13.2. The summed E-state index contributed by atoms with van der Waals surface area (Å²) in [6, 6.07) is 4.44. The van der Waals surface area contributed by atoms with Crippen LogP contribution >= 0.6 is 0 Å². The minimum Gasteiger partial charge on any atom is -0.337 e. The number of carbonyl (C=O) groups is 1. The molecular weight excluding hydrogens is 350 g/mol. The Morgan fingerprint density at radius 1 is 1.29 bits per heavy atom. The summed E-state index contributed by atoms with van der Waals surface area (Å²) < 4.78 is 2.10. The predicted molar refractivity (Wildman–Crippen MR) is 109 cm³/mol. The lowest BCUT2D eigenvalue weighted by atomic mass is 9.90. The second-order valence-corrected chi connectivity index (χ2v) is 8.03. The van der Waals surface area contributed by atoms with Crippen LogP contribution in [0.15, 0.2) is 24.5 Å². The number of pyridine rings is 1. The SMILES string of the molecule is CCCn1nc(C(=O)N2CCCCC2)c2c1CCC(NCc1cccnc1)C2. The van der Waals surface area contributed by atoms with E-state index in [9.17, 15) is 4.79 Å². The van der Waals surface area contributed by atoms with Crippen molar-refractivity contribution in [1.82, 2.24) is 25.0 Å². The van der Waals surface area contributed by atoms with Gasteiger partial charge in [0.15, 0.2) is 5.69 Å². The minimum atomic E-state index is 0.138. The largest absolute Gasteiger partial charge is 0.337 e. The van der Waals surface area contributed by atoms with Gasteiger partial charge in [-0.25, -0.2) is 0 Å². The number of amides is 1. The molecule has 6 heteroatoms. The summed E-state index contributed by atoms with van der Waals surface area (Å²) in [5, 5.41) is 8.46. The van der Waals surface area contributed by atoms with E-state index >= 15 is 0 Å². The van der Waals surface area contributed by atoms with Crippen molar-refractivity contribution in [2.75, 3.05) is 13.1 Å². The fourth-order valence-corrected chi connectivity index (χ4v) is 4.44. The Hall–Kier alpha value is -2.21. The van der Waals surface area contributed by atoms with E-state index in [-0.39, 0.29) is 5.91 Å². The highest BCUT2D eigenvalue weighted by Crippen LogP contribution is 2.27. The van der Waals surface area contributed by atoms with Crippen LogP contribution in [0.5, 0.6) is 0 Å². The maximum Gasteiger partial charge on any atom is 0.274 e. The number of hydrogen-bond acceptors (Lipinski definition) is 4. The lowest BCUT2D eigenvalue weighted by Gasteiger charge is -2.27. The van der Waals surface area contributed by atoms with Crippen molar-refractivity contribution in [2.45, 2.75) is 71.0 Å². The number of nitrogens with zero attached hydrogens (tertiary/aromatic N) is 4. The van der Waals surface area contributed by atoms with Gasteiger partial charge in [-0.2, -0.15) is 5.10 Å². The van der Waals surface area contributed by atoms with Crippen molar-refractivity contribution in [2.24, 2.45) is 0 Å². The Morgan fingerprint density at radius 3 is 2.89 bits per heavy atom.